The van der Waals surface area contributed by atoms with Crippen LogP contribution in [0.1, 0.15) is 31.0 Å². The van der Waals surface area contributed by atoms with E-state index in [4.69, 9.17) is 4.74 Å². The van der Waals surface area contributed by atoms with E-state index in [-0.39, 0.29) is 18.5 Å². The first-order chi connectivity index (χ1) is 12.8. The van der Waals surface area contributed by atoms with Gasteiger partial charge in [0, 0.05) is 38.4 Å². The molecule has 1 unspecified atom stereocenters. The quantitative estimate of drug-likeness (QED) is 0.886. The fraction of sp³-hybridized carbons (Fsp3) is 0.579. The van der Waals surface area contributed by atoms with Crippen molar-refractivity contribution in [3.63, 3.8) is 0 Å². The number of rotatable bonds is 5. The Balaban J connectivity index is 1.49. The summed E-state index contributed by atoms with van der Waals surface area (Å²) < 4.78 is 21.4. The van der Waals surface area contributed by atoms with Gasteiger partial charge in [-0.25, -0.2) is 9.07 Å². The zero-order valence-corrected chi connectivity index (χ0v) is 14.9. The van der Waals surface area contributed by atoms with Gasteiger partial charge in [-0.15, -0.1) is 5.10 Å². The van der Waals surface area contributed by atoms with E-state index < -0.39 is 0 Å². The molecule has 1 atom stereocenters. The van der Waals surface area contributed by atoms with Crippen LogP contribution in [0.2, 0.25) is 0 Å². The number of aliphatic hydroxyl groups excluding tert-OH is 1. The summed E-state index contributed by atoms with van der Waals surface area (Å²) in [7, 11) is 0. The van der Waals surface area contributed by atoms with E-state index in [1.165, 1.54) is 6.07 Å². The Labute approximate surface area is 152 Å². The van der Waals surface area contributed by atoms with E-state index in [0.29, 0.717) is 22.9 Å². The number of hydrogen-bond donors (Lipinski definition) is 1. The van der Waals surface area contributed by atoms with E-state index in [9.17, 15) is 9.50 Å². The second kappa shape index (κ2) is 7.82. The largest absolute Gasteiger partial charge is 0.390 e. The molecular formula is C19H25FN4O2. The van der Waals surface area contributed by atoms with Gasteiger partial charge in [-0.1, -0.05) is 17.3 Å². The number of hydrogen-bond acceptors (Lipinski definition) is 5. The van der Waals surface area contributed by atoms with Crippen molar-refractivity contribution in [1.82, 2.24) is 19.9 Å². The molecule has 1 N–H and O–H groups in total. The van der Waals surface area contributed by atoms with E-state index in [0.717, 1.165) is 52.1 Å². The molecule has 4 rings (SSSR count). The number of nitrogens with zero attached hydrogens (tertiary/aromatic N) is 4. The third kappa shape index (κ3) is 3.51. The standard InChI is InChI=1S/C19H25FN4O2/c20-17-4-2-1-3-16(17)19-18(13-25)24(22-21-19)15-5-8-23(12-15)11-14-6-9-26-10-7-14/h1-4,14-15,25H,5-13H2. The number of halogens is 1. The minimum atomic E-state index is -0.346. The third-order valence-electron chi connectivity index (χ3n) is 5.52. The summed E-state index contributed by atoms with van der Waals surface area (Å²) >= 11 is 0. The SMILES string of the molecule is OCc1c(-c2ccccc2F)nnn1C1CCN(CC2CCOCC2)C1. The Hall–Kier alpha value is -1.83. The molecule has 3 heterocycles. The third-order valence-corrected chi connectivity index (χ3v) is 5.52. The lowest BCUT2D eigenvalue weighted by Gasteiger charge is -2.27. The molecule has 0 saturated carbocycles. The van der Waals surface area contributed by atoms with Crippen molar-refractivity contribution in [1.29, 1.82) is 0 Å². The zero-order chi connectivity index (χ0) is 17.9. The molecule has 2 aliphatic heterocycles. The number of aromatic nitrogens is 3. The van der Waals surface area contributed by atoms with Gasteiger partial charge in [0.15, 0.2) is 0 Å². The Morgan fingerprint density at radius 1 is 1.19 bits per heavy atom. The van der Waals surface area contributed by atoms with Crippen LogP contribution >= 0.6 is 0 Å². The van der Waals surface area contributed by atoms with Crippen molar-refractivity contribution in [3.8, 4) is 11.3 Å². The van der Waals surface area contributed by atoms with Gasteiger partial charge in [0.25, 0.3) is 0 Å². The molecule has 0 bridgehead atoms. The van der Waals surface area contributed by atoms with Crippen molar-refractivity contribution in [2.75, 3.05) is 32.8 Å². The van der Waals surface area contributed by atoms with Crippen LogP contribution in [-0.4, -0.2) is 57.8 Å². The lowest BCUT2D eigenvalue weighted by molar-refractivity contribution is 0.0550. The van der Waals surface area contributed by atoms with Crippen LogP contribution in [-0.2, 0) is 11.3 Å². The highest BCUT2D eigenvalue weighted by molar-refractivity contribution is 5.61. The molecule has 7 heteroatoms. The summed E-state index contributed by atoms with van der Waals surface area (Å²) in [6.45, 7) is 4.53. The van der Waals surface area contributed by atoms with Crippen LogP contribution in [0.5, 0.6) is 0 Å². The summed E-state index contributed by atoms with van der Waals surface area (Å²) in [5, 5.41) is 18.3. The lowest BCUT2D eigenvalue weighted by atomic mass is 10.00. The summed E-state index contributed by atoms with van der Waals surface area (Å²) in [4.78, 5) is 2.46. The highest BCUT2D eigenvalue weighted by Crippen LogP contribution is 2.30. The first-order valence-electron chi connectivity index (χ1n) is 9.36. The van der Waals surface area contributed by atoms with Gasteiger partial charge >= 0.3 is 0 Å². The van der Waals surface area contributed by atoms with E-state index in [2.05, 4.69) is 15.2 Å². The van der Waals surface area contributed by atoms with Gasteiger partial charge in [0.1, 0.15) is 11.5 Å². The molecule has 6 nitrogen and oxygen atoms in total. The number of benzene rings is 1. The van der Waals surface area contributed by atoms with Crippen LogP contribution in [0.15, 0.2) is 24.3 Å². The first-order valence-corrected chi connectivity index (χ1v) is 9.36. The second-order valence-electron chi connectivity index (χ2n) is 7.23. The smallest absolute Gasteiger partial charge is 0.132 e. The summed E-state index contributed by atoms with van der Waals surface area (Å²) in [5.41, 5.74) is 1.42. The monoisotopic (exact) mass is 360 g/mol. The van der Waals surface area contributed by atoms with E-state index in [1.807, 2.05) is 0 Å². The summed E-state index contributed by atoms with van der Waals surface area (Å²) in [6, 6.07) is 6.66. The predicted molar refractivity (Wildman–Crippen MR) is 95.0 cm³/mol. The second-order valence-corrected chi connectivity index (χ2v) is 7.23. The van der Waals surface area contributed by atoms with Crippen LogP contribution in [0, 0.1) is 11.7 Å². The van der Waals surface area contributed by atoms with Crippen molar-refractivity contribution in [2.24, 2.45) is 5.92 Å². The fourth-order valence-electron chi connectivity index (χ4n) is 4.09. The van der Waals surface area contributed by atoms with Crippen molar-refractivity contribution < 1.29 is 14.2 Å². The Bertz CT molecular complexity index is 745. The van der Waals surface area contributed by atoms with Gasteiger partial charge < -0.3 is 14.7 Å². The first kappa shape index (κ1) is 17.6. The molecule has 0 amide bonds. The van der Waals surface area contributed by atoms with Gasteiger partial charge in [-0.05, 0) is 37.3 Å². The van der Waals surface area contributed by atoms with Crippen molar-refractivity contribution >= 4 is 0 Å². The fourth-order valence-corrected chi connectivity index (χ4v) is 4.09. The molecule has 2 fully saturated rings. The van der Waals surface area contributed by atoms with Crippen LogP contribution in [0.25, 0.3) is 11.3 Å². The zero-order valence-electron chi connectivity index (χ0n) is 14.9. The molecule has 140 valence electrons. The molecule has 2 aliphatic rings. The van der Waals surface area contributed by atoms with E-state index in [1.54, 1.807) is 22.9 Å². The highest BCUT2D eigenvalue weighted by atomic mass is 19.1. The van der Waals surface area contributed by atoms with E-state index >= 15 is 0 Å². The number of likely N-dealkylation sites (tertiary alicyclic amines) is 1. The van der Waals surface area contributed by atoms with Crippen LogP contribution in [0.4, 0.5) is 4.39 Å². The van der Waals surface area contributed by atoms with Crippen LogP contribution in [0.3, 0.4) is 0 Å². The Morgan fingerprint density at radius 2 is 2.00 bits per heavy atom. The molecule has 2 aromatic rings. The molecule has 0 spiro atoms. The maximum Gasteiger partial charge on any atom is 0.132 e. The number of ether oxygens (including phenoxy) is 1. The molecule has 1 aromatic heterocycles. The average Bonchev–Trinajstić information content (AvgIpc) is 3.29. The van der Waals surface area contributed by atoms with Gasteiger partial charge in [-0.3, -0.25) is 0 Å². The predicted octanol–water partition coefficient (Wildman–Crippen LogP) is 2.25. The summed E-state index contributed by atoms with van der Waals surface area (Å²) in [5.74, 6) is 0.353. The van der Waals surface area contributed by atoms with Gasteiger partial charge in [0.05, 0.1) is 18.3 Å². The number of aliphatic hydroxyl groups is 1. The maximum atomic E-state index is 14.1. The minimum Gasteiger partial charge on any atom is -0.390 e. The highest BCUT2D eigenvalue weighted by Gasteiger charge is 2.30. The van der Waals surface area contributed by atoms with Crippen molar-refractivity contribution in [3.05, 3.63) is 35.8 Å². The molecule has 26 heavy (non-hydrogen) atoms. The lowest BCUT2D eigenvalue weighted by Crippen LogP contribution is -2.31. The summed E-state index contributed by atoms with van der Waals surface area (Å²) in [6.07, 6.45) is 3.23. The Kier molecular flexibility index (Phi) is 5.28. The van der Waals surface area contributed by atoms with Crippen molar-refractivity contribution in [2.45, 2.75) is 31.9 Å². The molecule has 0 radical (unpaired) electrons. The molecule has 0 aliphatic carbocycles. The van der Waals surface area contributed by atoms with Gasteiger partial charge in [0.2, 0.25) is 0 Å². The average molecular weight is 360 g/mol. The Morgan fingerprint density at radius 3 is 2.77 bits per heavy atom. The van der Waals surface area contributed by atoms with Crippen LogP contribution < -0.4 is 0 Å². The van der Waals surface area contributed by atoms with Gasteiger partial charge in [-0.2, -0.15) is 0 Å². The normalized spacial score (nSPS) is 22.2. The molecule has 2 saturated heterocycles. The maximum absolute atomic E-state index is 14.1. The minimum absolute atomic E-state index is 0.171. The molecular weight excluding hydrogens is 335 g/mol. The topological polar surface area (TPSA) is 63.4 Å². The molecule has 1 aromatic carbocycles.